The fourth-order valence-electron chi connectivity index (χ4n) is 3.61. The lowest BCUT2D eigenvalue weighted by atomic mass is 9.98. The zero-order chi connectivity index (χ0) is 29.5. The molecule has 2 aliphatic rings. The molecule has 1 unspecified atom stereocenters. The number of nitrogens with zero attached hydrogens (tertiary/aromatic N) is 4. The number of carbonyl (C=O) groups is 3. The molecule has 0 spiro atoms. The number of aliphatic carboxylic acids is 2. The number of carboxylic acids is 2. The third-order valence-electron chi connectivity index (χ3n) is 5.47. The second-order valence-electron chi connectivity index (χ2n) is 8.77. The van der Waals surface area contributed by atoms with E-state index in [0.29, 0.717) is 26.3 Å². The molecule has 2 N–H and O–H groups in total. The van der Waals surface area contributed by atoms with Gasteiger partial charge in [0, 0.05) is 36.8 Å². The van der Waals surface area contributed by atoms with Crippen molar-refractivity contribution < 1.29 is 55.7 Å². The van der Waals surface area contributed by atoms with Crippen molar-refractivity contribution >= 4 is 17.8 Å². The molecule has 0 saturated heterocycles. The highest BCUT2D eigenvalue weighted by Crippen LogP contribution is 2.35. The topological polar surface area (TPSA) is 135 Å². The summed E-state index contributed by atoms with van der Waals surface area (Å²) in [7, 11) is 2.01. The van der Waals surface area contributed by atoms with E-state index in [1.165, 1.54) is 5.69 Å². The normalized spacial score (nSPS) is 16.7. The number of fused-ring (bicyclic) bond motifs is 1. The molecule has 39 heavy (non-hydrogen) atoms. The summed E-state index contributed by atoms with van der Waals surface area (Å²) in [5, 5.41) is 14.2. The summed E-state index contributed by atoms with van der Waals surface area (Å²) in [5.41, 5.74) is 4.13. The van der Waals surface area contributed by atoms with Crippen LogP contribution in [0.1, 0.15) is 41.5 Å². The molecule has 0 aromatic carbocycles. The Labute approximate surface area is 218 Å². The van der Waals surface area contributed by atoms with Gasteiger partial charge < -0.3 is 24.4 Å². The maximum absolute atomic E-state index is 12.5. The molecule has 10 nitrogen and oxygen atoms in total. The van der Waals surface area contributed by atoms with Crippen LogP contribution in [0, 0.1) is 12.8 Å². The molecular formula is C23H26F6N4O6. The van der Waals surface area contributed by atoms with Crippen LogP contribution >= 0.6 is 0 Å². The van der Waals surface area contributed by atoms with E-state index in [2.05, 4.69) is 14.5 Å². The van der Waals surface area contributed by atoms with Gasteiger partial charge in [0.25, 0.3) is 0 Å². The number of amides is 1. The summed E-state index contributed by atoms with van der Waals surface area (Å²) in [6.45, 7) is 4.37. The van der Waals surface area contributed by atoms with Gasteiger partial charge in [0.05, 0.1) is 37.5 Å². The Kier molecular flexibility index (Phi) is 10.4. The number of rotatable bonds is 5. The Hall–Kier alpha value is -3.69. The molecule has 1 aliphatic heterocycles. The number of aryl methyl sites for hydroxylation is 2. The molecule has 4 rings (SSSR count). The first-order chi connectivity index (χ1) is 18.0. The minimum Gasteiger partial charge on any atom is -0.475 e. The molecular weight excluding hydrogens is 542 g/mol. The largest absolute Gasteiger partial charge is 0.490 e. The van der Waals surface area contributed by atoms with Crippen molar-refractivity contribution in [2.45, 2.75) is 51.2 Å². The Morgan fingerprint density at radius 1 is 1.05 bits per heavy atom. The summed E-state index contributed by atoms with van der Waals surface area (Å²) >= 11 is 0. The predicted molar refractivity (Wildman–Crippen MR) is 120 cm³/mol. The minimum atomic E-state index is -5.08. The molecule has 216 valence electrons. The Balaban J connectivity index is 0.000000317. The Bertz CT molecular complexity index is 1140. The number of carboxylic acid groups (broad SMARTS) is 2. The Morgan fingerprint density at radius 3 is 2.10 bits per heavy atom. The molecule has 16 heteroatoms. The second-order valence-corrected chi connectivity index (χ2v) is 8.77. The van der Waals surface area contributed by atoms with Crippen molar-refractivity contribution in [1.29, 1.82) is 0 Å². The average Bonchev–Trinajstić information content (AvgIpc) is 3.61. The highest BCUT2D eigenvalue weighted by Gasteiger charge is 2.39. The van der Waals surface area contributed by atoms with Crippen molar-refractivity contribution in [1.82, 2.24) is 19.4 Å². The van der Waals surface area contributed by atoms with Crippen LogP contribution in [0.2, 0.25) is 0 Å². The minimum absolute atomic E-state index is 0.156. The number of halogens is 6. The number of pyridine rings is 1. The van der Waals surface area contributed by atoms with Crippen LogP contribution in [0.25, 0.3) is 0 Å². The molecule has 1 atom stereocenters. The lowest BCUT2D eigenvalue weighted by Crippen LogP contribution is -2.41. The summed E-state index contributed by atoms with van der Waals surface area (Å²) in [5.74, 6) is -4.84. The van der Waals surface area contributed by atoms with E-state index < -0.39 is 24.3 Å². The third-order valence-corrected chi connectivity index (χ3v) is 5.47. The van der Waals surface area contributed by atoms with Gasteiger partial charge in [0.15, 0.2) is 0 Å². The number of carbonyl (C=O) groups excluding carboxylic acids is 1. The smallest absolute Gasteiger partial charge is 0.475 e. The molecule has 1 amide bonds. The van der Waals surface area contributed by atoms with Gasteiger partial charge in [-0.1, -0.05) is 6.07 Å². The molecule has 0 radical (unpaired) electrons. The van der Waals surface area contributed by atoms with Crippen molar-refractivity contribution in [3.8, 4) is 0 Å². The first-order valence-corrected chi connectivity index (χ1v) is 11.4. The van der Waals surface area contributed by atoms with Crippen LogP contribution in [-0.4, -0.2) is 73.0 Å². The molecule has 1 fully saturated rings. The first kappa shape index (κ1) is 31.5. The molecule has 3 heterocycles. The molecule has 1 saturated carbocycles. The summed E-state index contributed by atoms with van der Waals surface area (Å²) in [6.07, 6.45) is -6.26. The quantitative estimate of drug-likeness (QED) is 0.524. The van der Waals surface area contributed by atoms with E-state index >= 15 is 0 Å². The van der Waals surface area contributed by atoms with Crippen molar-refractivity contribution in [2.24, 2.45) is 13.0 Å². The lowest BCUT2D eigenvalue weighted by Gasteiger charge is -2.33. The van der Waals surface area contributed by atoms with Gasteiger partial charge in [0.1, 0.15) is 0 Å². The Morgan fingerprint density at radius 2 is 1.62 bits per heavy atom. The van der Waals surface area contributed by atoms with Crippen LogP contribution in [0.5, 0.6) is 0 Å². The van der Waals surface area contributed by atoms with Gasteiger partial charge in [-0.25, -0.2) is 14.6 Å². The maximum Gasteiger partial charge on any atom is 0.490 e. The summed E-state index contributed by atoms with van der Waals surface area (Å²) in [6, 6.07) is 5.96. The van der Waals surface area contributed by atoms with Crippen molar-refractivity contribution in [3.63, 3.8) is 0 Å². The first-order valence-electron chi connectivity index (χ1n) is 11.4. The number of ether oxygens (including phenoxy) is 1. The van der Waals surface area contributed by atoms with Crippen LogP contribution in [-0.2, 0) is 39.3 Å². The molecule has 2 aromatic rings. The van der Waals surface area contributed by atoms with Gasteiger partial charge in [0.2, 0.25) is 5.91 Å². The predicted octanol–water partition coefficient (Wildman–Crippen LogP) is 3.44. The van der Waals surface area contributed by atoms with E-state index in [1.54, 1.807) is 0 Å². The van der Waals surface area contributed by atoms with Gasteiger partial charge in [-0.2, -0.15) is 26.3 Å². The number of hydrogen-bond donors (Lipinski definition) is 2. The van der Waals surface area contributed by atoms with E-state index in [0.717, 1.165) is 29.9 Å². The fourth-order valence-corrected chi connectivity index (χ4v) is 3.61. The second kappa shape index (κ2) is 12.9. The van der Waals surface area contributed by atoms with Crippen molar-refractivity contribution in [2.75, 3.05) is 13.2 Å². The summed E-state index contributed by atoms with van der Waals surface area (Å²) in [4.78, 5) is 41.2. The maximum atomic E-state index is 12.5. The van der Waals surface area contributed by atoms with E-state index in [4.69, 9.17) is 24.5 Å². The molecule has 2 aromatic heterocycles. The standard InChI is InChI=1S/C19H24N4O2.2C2HF3O2/c1-13-4-3-5-16(21-13)11-25-10-15-8-23(19(24)14-6-7-14)9-17-18(15)22(2)12-20-17;2*3-2(4,5)1(6)7/h3-5,12,14-15H,6-11H2,1-2H3;2*(H,6,7). The van der Waals surface area contributed by atoms with Crippen LogP contribution in [0.3, 0.4) is 0 Å². The zero-order valence-electron chi connectivity index (χ0n) is 20.8. The number of imidazole rings is 1. The van der Waals surface area contributed by atoms with E-state index in [9.17, 15) is 31.1 Å². The van der Waals surface area contributed by atoms with Gasteiger partial charge in [-0.15, -0.1) is 0 Å². The fraction of sp³-hybridized carbons (Fsp3) is 0.522. The van der Waals surface area contributed by atoms with Crippen LogP contribution in [0.4, 0.5) is 26.3 Å². The average molecular weight is 568 g/mol. The van der Waals surface area contributed by atoms with Crippen molar-refractivity contribution in [3.05, 3.63) is 47.3 Å². The lowest BCUT2D eigenvalue weighted by molar-refractivity contribution is -0.193. The number of hydrogen-bond acceptors (Lipinski definition) is 6. The van der Waals surface area contributed by atoms with Gasteiger partial charge >= 0.3 is 24.3 Å². The van der Waals surface area contributed by atoms with Crippen LogP contribution in [0.15, 0.2) is 24.5 Å². The highest BCUT2D eigenvalue weighted by molar-refractivity contribution is 5.81. The molecule has 0 bridgehead atoms. The monoisotopic (exact) mass is 568 g/mol. The van der Waals surface area contributed by atoms with E-state index in [-0.39, 0.29) is 17.7 Å². The highest BCUT2D eigenvalue weighted by atomic mass is 19.4. The number of alkyl halides is 6. The summed E-state index contributed by atoms with van der Waals surface area (Å²) < 4.78 is 71.5. The van der Waals surface area contributed by atoms with Crippen LogP contribution < -0.4 is 0 Å². The van der Waals surface area contributed by atoms with E-state index in [1.807, 2.05) is 43.4 Å². The number of aromatic nitrogens is 3. The van der Waals surface area contributed by atoms with Gasteiger partial charge in [-0.05, 0) is 31.9 Å². The molecule has 1 aliphatic carbocycles. The van der Waals surface area contributed by atoms with Gasteiger partial charge in [-0.3, -0.25) is 9.78 Å². The zero-order valence-corrected chi connectivity index (χ0v) is 20.8. The third kappa shape index (κ3) is 9.85. The SMILES string of the molecule is Cc1cccc(COCC2CN(C(=O)C3CC3)Cc3ncn(C)c32)n1.O=C(O)C(F)(F)F.O=C(O)C(F)(F)F.